The van der Waals surface area contributed by atoms with E-state index >= 15 is 0 Å². The zero-order chi connectivity index (χ0) is 35.8. The second kappa shape index (κ2) is 15.6. The van der Waals surface area contributed by atoms with E-state index in [-0.39, 0.29) is 41.4 Å². The molecule has 0 aromatic heterocycles. The van der Waals surface area contributed by atoms with Crippen LogP contribution in [0.5, 0.6) is 11.5 Å². The van der Waals surface area contributed by atoms with Gasteiger partial charge < -0.3 is 24.8 Å². The first-order valence-electron chi connectivity index (χ1n) is 15.6. The lowest BCUT2D eigenvalue weighted by atomic mass is 10.0. The number of carbonyl (C=O) groups excluding carboxylic acids is 6. The first kappa shape index (κ1) is 34.8. The number of anilines is 1. The van der Waals surface area contributed by atoms with Crippen LogP contribution in [0.3, 0.4) is 0 Å². The summed E-state index contributed by atoms with van der Waals surface area (Å²) in [4.78, 5) is 78.4. The number of methoxy groups -OCH3 is 1. The summed E-state index contributed by atoms with van der Waals surface area (Å²) in [7, 11) is 1.40. The van der Waals surface area contributed by atoms with E-state index in [0.717, 1.165) is 4.90 Å². The molecule has 1 heterocycles. The Kier molecular flexibility index (Phi) is 10.8. The Bertz CT molecular complexity index is 1950. The molecule has 0 aliphatic carbocycles. The van der Waals surface area contributed by atoms with E-state index in [1.54, 1.807) is 85.8 Å². The lowest BCUT2D eigenvalue weighted by Crippen LogP contribution is -2.47. The van der Waals surface area contributed by atoms with Gasteiger partial charge in [-0.3, -0.25) is 28.9 Å². The summed E-state index contributed by atoms with van der Waals surface area (Å²) in [6.45, 7) is 2.95. The fourth-order valence-corrected chi connectivity index (χ4v) is 5.28. The molecule has 254 valence electrons. The van der Waals surface area contributed by atoms with Crippen molar-refractivity contribution in [3.63, 3.8) is 0 Å². The molecule has 1 aliphatic heterocycles. The molecule has 5 rings (SSSR count). The van der Waals surface area contributed by atoms with Crippen molar-refractivity contribution in [1.29, 1.82) is 0 Å². The maximum Gasteiger partial charge on any atom is 0.329 e. The molecule has 1 unspecified atom stereocenters. The average molecular weight is 676 g/mol. The van der Waals surface area contributed by atoms with Gasteiger partial charge in [0.25, 0.3) is 23.6 Å². The fourth-order valence-electron chi connectivity index (χ4n) is 5.28. The monoisotopic (exact) mass is 675 g/mol. The van der Waals surface area contributed by atoms with Gasteiger partial charge in [0.05, 0.1) is 24.8 Å². The van der Waals surface area contributed by atoms with Crippen LogP contribution in [0.4, 0.5) is 5.69 Å². The van der Waals surface area contributed by atoms with Crippen LogP contribution in [0.1, 0.15) is 56.0 Å². The summed E-state index contributed by atoms with van der Waals surface area (Å²) in [5, 5.41) is 5.42. The molecule has 12 nitrogen and oxygen atoms in total. The average Bonchev–Trinajstić information content (AvgIpc) is 3.37. The highest BCUT2D eigenvalue weighted by Gasteiger charge is 2.43. The summed E-state index contributed by atoms with van der Waals surface area (Å²) < 4.78 is 15.7. The number of hydrogen-bond donors (Lipinski definition) is 2. The molecule has 50 heavy (non-hydrogen) atoms. The second-order valence-electron chi connectivity index (χ2n) is 11.0. The quantitative estimate of drug-likeness (QED) is 0.0932. The van der Waals surface area contributed by atoms with Gasteiger partial charge >= 0.3 is 11.9 Å². The van der Waals surface area contributed by atoms with Crippen LogP contribution in [0.25, 0.3) is 6.08 Å². The van der Waals surface area contributed by atoms with Crippen molar-refractivity contribution in [1.82, 2.24) is 10.2 Å². The smallest absolute Gasteiger partial charge is 0.329 e. The number of ether oxygens (including phenoxy) is 3. The zero-order valence-electron chi connectivity index (χ0n) is 27.4. The van der Waals surface area contributed by atoms with Gasteiger partial charge in [0.2, 0.25) is 0 Å². The van der Waals surface area contributed by atoms with Crippen LogP contribution in [0.15, 0.2) is 103 Å². The molecule has 1 aliphatic rings. The van der Waals surface area contributed by atoms with Gasteiger partial charge in [-0.1, -0.05) is 48.5 Å². The summed E-state index contributed by atoms with van der Waals surface area (Å²) in [6, 6.07) is 24.6. The van der Waals surface area contributed by atoms with Gasteiger partial charge in [-0.2, -0.15) is 0 Å². The number of amides is 4. The van der Waals surface area contributed by atoms with Crippen molar-refractivity contribution in [2.24, 2.45) is 0 Å². The van der Waals surface area contributed by atoms with Crippen molar-refractivity contribution in [3.8, 4) is 11.5 Å². The maximum atomic E-state index is 13.6. The predicted octanol–water partition coefficient (Wildman–Crippen LogP) is 4.80. The van der Waals surface area contributed by atoms with E-state index in [4.69, 9.17) is 14.2 Å². The van der Waals surface area contributed by atoms with Crippen LogP contribution in [0.2, 0.25) is 0 Å². The summed E-state index contributed by atoms with van der Waals surface area (Å²) in [5.41, 5.74) is 2.06. The van der Waals surface area contributed by atoms with Gasteiger partial charge in [0.15, 0.2) is 11.5 Å². The highest BCUT2D eigenvalue weighted by atomic mass is 16.6. The molecular formula is C38H33N3O9. The summed E-state index contributed by atoms with van der Waals surface area (Å²) >= 11 is 0. The third-order valence-corrected chi connectivity index (χ3v) is 7.62. The number of hydrogen-bond acceptors (Lipinski definition) is 9. The Labute approximate surface area is 287 Å². The number of fused-ring (bicyclic) bond motifs is 1. The van der Waals surface area contributed by atoms with E-state index < -0.39 is 41.6 Å². The molecule has 0 spiro atoms. The highest BCUT2D eigenvalue weighted by molar-refractivity contribution is 6.22. The molecule has 0 saturated heterocycles. The maximum absolute atomic E-state index is 13.6. The van der Waals surface area contributed by atoms with Crippen LogP contribution < -0.4 is 20.1 Å². The molecule has 12 heteroatoms. The molecule has 2 N–H and O–H groups in total. The molecular weight excluding hydrogens is 642 g/mol. The highest BCUT2D eigenvalue weighted by Crippen LogP contribution is 2.30. The normalized spacial score (nSPS) is 12.9. The van der Waals surface area contributed by atoms with Crippen LogP contribution in [-0.4, -0.2) is 60.2 Å². The molecule has 4 aromatic carbocycles. The Morgan fingerprint density at radius 3 is 2.06 bits per heavy atom. The zero-order valence-corrected chi connectivity index (χ0v) is 27.4. The minimum Gasteiger partial charge on any atom is -0.493 e. The molecule has 0 radical (unpaired) electrons. The minimum absolute atomic E-state index is 0.0258. The standard InChI is InChI=1S/C38H33N3O9/c1-4-49-38(47)31(41-36(45)28-12-8-9-13-29(28)37(41)46)21-24-14-17-27(18-15-24)39-35(44)30(40-34(43)26-10-6-5-7-11-26)20-25-16-19-32(50-23(2)42)33(22-25)48-3/h5-20,22,31H,4,21H2,1-3H3,(H,39,44)(H,40,43)/b30-20+. The summed E-state index contributed by atoms with van der Waals surface area (Å²) in [5.74, 6) is -3.17. The van der Waals surface area contributed by atoms with Crippen molar-refractivity contribution >= 4 is 47.3 Å². The van der Waals surface area contributed by atoms with Gasteiger partial charge in [0, 0.05) is 24.6 Å². The second-order valence-corrected chi connectivity index (χ2v) is 11.0. The number of esters is 2. The van der Waals surface area contributed by atoms with Crippen LogP contribution in [0, 0.1) is 0 Å². The van der Waals surface area contributed by atoms with Crippen LogP contribution in [-0.2, 0) is 25.5 Å². The number of nitrogens with zero attached hydrogens (tertiary/aromatic N) is 1. The van der Waals surface area contributed by atoms with E-state index in [0.29, 0.717) is 22.4 Å². The number of nitrogens with one attached hydrogen (secondary N) is 2. The minimum atomic E-state index is -1.21. The summed E-state index contributed by atoms with van der Waals surface area (Å²) in [6.07, 6.45) is 1.42. The topological polar surface area (TPSA) is 157 Å². The Balaban J connectivity index is 1.37. The third kappa shape index (κ3) is 7.93. The fraction of sp³-hybridized carbons (Fsp3) is 0.158. The van der Waals surface area contributed by atoms with Crippen LogP contribution >= 0.6 is 0 Å². The van der Waals surface area contributed by atoms with Crippen molar-refractivity contribution < 1.29 is 43.0 Å². The first-order valence-corrected chi connectivity index (χ1v) is 15.6. The van der Waals surface area contributed by atoms with Gasteiger partial charge in [-0.05, 0) is 72.7 Å². The lowest BCUT2D eigenvalue weighted by molar-refractivity contribution is -0.147. The van der Waals surface area contributed by atoms with E-state index in [1.807, 2.05) is 0 Å². The molecule has 4 aromatic rings. The van der Waals surface area contributed by atoms with Crippen molar-refractivity contribution in [2.45, 2.75) is 26.3 Å². The Morgan fingerprint density at radius 2 is 1.46 bits per heavy atom. The molecule has 4 amide bonds. The Morgan fingerprint density at radius 1 is 0.820 bits per heavy atom. The van der Waals surface area contributed by atoms with E-state index in [1.165, 1.54) is 38.3 Å². The molecule has 0 saturated carbocycles. The van der Waals surface area contributed by atoms with Gasteiger partial charge in [-0.25, -0.2) is 4.79 Å². The number of imide groups is 1. The molecule has 1 atom stereocenters. The van der Waals surface area contributed by atoms with E-state index in [9.17, 15) is 28.8 Å². The molecule has 0 fully saturated rings. The predicted molar refractivity (Wildman–Crippen MR) is 182 cm³/mol. The van der Waals surface area contributed by atoms with Crippen molar-refractivity contribution in [3.05, 3.63) is 131 Å². The number of carbonyl (C=O) groups is 6. The van der Waals surface area contributed by atoms with E-state index in [2.05, 4.69) is 10.6 Å². The largest absolute Gasteiger partial charge is 0.493 e. The lowest BCUT2D eigenvalue weighted by Gasteiger charge is -2.24. The number of rotatable bonds is 12. The SMILES string of the molecule is CCOC(=O)C(Cc1ccc(NC(=O)/C(=C\c2ccc(OC(C)=O)c(OC)c2)NC(=O)c2ccccc2)cc1)N1C(=O)c2ccccc2C1=O. The molecule has 0 bridgehead atoms. The van der Waals surface area contributed by atoms with Gasteiger partial charge in [-0.15, -0.1) is 0 Å². The van der Waals surface area contributed by atoms with Gasteiger partial charge in [0.1, 0.15) is 11.7 Å². The first-order chi connectivity index (χ1) is 24.1. The van der Waals surface area contributed by atoms with Crippen molar-refractivity contribution in [2.75, 3.05) is 19.0 Å². The third-order valence-electron chi connectivity index (χ3n) is 7.62. The Hall–Kier alpha value is -6.56. The number of benzene rings is 4.